The van der Waals surface area contributed by atoms with E-state index >= 15 is 0 Å². The highest BCUT2D eigenvalue weighted by Gasteiger charge is 2.35. The molecule has 0 aromatic heterocycles. The third-order valence-electron chi connectivity index (χ3n) is 4.17. The monoisotopic (exact) mass is 425 g/mol. The summed E-state index contributed by atoms with van der Waals surface area (Å²) >= 11 is -1.12. The second-order valence-corrected chi connectivity index (χ2v) is 9.78. The molecule has 0 aliphatic heterocycles. The first-order valence-corrected chi connectivity index (χ1v) is 10.9. The Morgan fingerprint density at radius 2 is 1.66 bits per heavy atom. The summed E-state index contributed by atoms with van der Waals surface area (Å²) in [5, 5.41) is 17.2. The summed E-state index contributed by atoms with van der Waals surface area (Å²) < 4.78 is 11.4. The maximum absolute atomic E-state index is 12.7. The van der Waals surface area contributed by atoms with Crippen LogP contribution in [0.5, 0.6) is 0 Å². The number of anilines is 1. The van der Waals surface area contributed by atoms with Crippen LogP contribution >= 0.6 is 0 Å². The van der Waals surface area contributed by atoms with E-state index in [1.807, 2.05) is 13.8 Å². The number of carbonyl (C=O) groups is 3. The first-order chi connectivity index (χ1) is 13.3. The lowest BCUT2D eigenvalue weighted by Crippen LogP contribution is -2.56. The van der Waals surface area contributed by atoms with Crippen molar-refractivity contribution >= 4 is 34.8 Å². The largest absolute Gasteiger partial charge is 0.612 e. The molecule has 3 atom stereocenters. The van der Waals surface area contributed by atoms with E-state index in [9.17, 15) is 24.0 Å². The topological polar surface area (TPSA) is 131 Å². The minimum Gasteiger partial charge on any atom is -0.612 e. The lowest BCUT2D eigenvalue weighted by molar-refractivity contribution is -0.145. The van der Waals surface area contributed by atoms with E-state index in [1.165, 1.54) is 0 Å². The molecule has 9 heteroatoms. The van der Waals surface area contributed by atoms with Gasteiger partial charge >= 0.3 is 12.0 Å². The third kappa shape index (κ3) is 8.33. The molecule has 0 spiro atoms. The van der Waals surface area contributed by atoms with Crippen molar-refractivity contribution in [1.82, 2.24) is 10.6 Å². The van der Waals surface area contributed by atoms with Crippen LogP contribution in [-0.2, 0) is 20.8 Å². The van der Waals surface area contributed by atoms with E-state index in [0.717, 1.165) is 0 Å². The SMILES string of the molecule is CC(C)CC(NC(=O)Nc1ccc([S+](C)[O-])cc1)C(=O)NC(C(=O)O)C(C)(C)C. The van der Waals surface area contributed by atoms with E-state index in [1.54, 1.807) is 51.3 Å². The summed E-state index contributed by atoms with van der Waals surface area (Å²) in [6.07, 6.45) is 1.91. The van der Waals surface area contributed by atoms with Crippen LogP contribution in [0, 0.1) is 11.3 Å². The molecule has 1 rings (SSSR count). The molecule has 0 saturated heterocycles. The minimum absolute atomic E-state index is 0.0998. The van der Waals surface area contributed by atoms with E-state index in [-0.39, 0.29) is 5.92 Å². The van der Waals surface area contributed by atoms with Gasteiger partial charge in [-0.25, -0.2) is 9.59 Å². The first kappa shape index (κ1) is 24.8. The lowest BCUT2D eigenvalue weighted by atomic mass is 9.86. The van der Waals surface area contributed by atoms with Crippen LogP contribution in [0.1, 0.15) is 41.0 Å². The number of amides is 3. The summed E-state index contributed by atoms with van der Waals surface area (Å²) in [5.74, 6) is -1.58. The van der Waals surface area contributed by atoms with Gasteiger partial charge < -0.3 is 25.6 Å². The summed E-state index contributed by atoms with van der Waals surface area (Å²) in [4.78, 5) is 37.2. The van der Waals surface area contributed by atoms with Gasteiger partial charge in [0.05, 0.1) is 0 Å². The number of carbonyl (C=O) groups excluding carboxylic acids is 2. The van der Waals surface area contributed by atoms with Crippen LogP contribution in [0.4, 0.5) is 10.5 Å². The number of aliphatic carboxylic acids is 1. The number of hydrogen-bond donors (Lipinski definition) is 4. The number of carboxylic acid groups (broad SMARTS) is 1. The predicted molar refractivity (Wildman–Crippen MR) is 113 cm³/mol. The third-order valence-corrected chi connectivity index (χ3v) is 5.11. The molecule has 0 aliphatic rings. The fraction of sp³-hybridized carbons (Fsp3) is 0.550. The van der Waals surface area contributed by atoms with Crippen molar-refractivity contribution in [1.29, 1.82) is 0 Å². The van der Waals surface area contributed by atoms with Gasteiger partial charge in [-0.15, -0.1) is 0 Å². The molecule has 1 aromatic rings. The highest BCUT2D eigenvalue weighted by molar-refractivity contribution is 7.90. The molecule has 29 heavy (non-hydrogen) atoms. The number of benzene rings is 1. The molecule has 0 aliphatic carbocycles. The quantitative estimate of drug-likeness (QED) is 0.476. The van der Waals surface area contributed by atoms with Crippen LogP contribution < -0.4 is 16.0 Å². The molecule has 4 N–H and O–H groups in total. The molecule has 0 bridgehead atoms. The van der Waals surface area contributed by atoms with Crippen molar-refractivity contribution in [2.45, 2.75) is 58.0 Å². The minimum atomic E-state index is -1.13. The van der Waals surface area contributed by atoms with E-state index in [0.29, 0.717) is 17.0 Å². The van der Waals surface area contributed by atoms with Crippen molar-refractivity contribution < 1.29 is 24.0 Å². The van der Waals surface area contributed by atoms with Gasteiger partial charge in [-0.3, -0.25) is 4.79 Å². The van der Waals surface area contributed by atoms with Gasteiger partial charge in [0.1, 0.15) is 18.3 Å². The predicted octanol–water partition coefficient (Wildman–Crippen LogP) is 2.58. The Labute approximate surface area is 175 Å². The van der Waals surface area contributed by atoms with Gasteiger partial charge in [-0.1, -0.05) is 34.6 Å². The summed E-state index contributed by atoms with van der Waals surface area (Å²) in [7, 11) is 0. The smallest absolute Gasteiger partial charge is 0.326 e. The maximum Gasteiger partial charge on any atom is 0.326 e. The molecule has 0 fully saturated rings. The van der Waals surface area contributed by atoms with Gasteiger partial charge in [0.25, 0.3) is 0 Å². The Hall–Kier alpha value is -2.26. The molecule has 3 unspecified atom stereocenters. The summed E-state index contributed by atoms with van der Waals surface area (Å²) in [5.41, 5.74) is -0.203. The standard InChI is InChI=1S/C20H31N3O5S/c1-12(2)11-15(17(24)23-16(18(25)26)20(3,4)5)22-19(27)21-13-7-9-14(10-8-13)29(6)28/h7-10,12,15-16H,11H2,1-6H3,(H,23,24)(H,25,26)(H2,21,22,27). The van der Waals surface area contributed by atoms with E-state index < -0.39 is 46.6 Å². The van der Waals surface area contributed by atoms with Crippen molar-refractivity contribution in [2.24, 2.45) is 11.3 Å². The fourth-order valence-corrected chi connectivity index (χ4v) is 3.17. The molecule has 1 aromatic carbocycles. The second-order valence-electron chi connectivity index (χ2n) is 8.40. The van der Waals surface area contributed by atoms with Crippen LogP contribution in [0.3, 0.4) is 0 Å². The molecular formula is C20H31N3O5S. The summed E-state index contributed by atoms with van der Waals surface area (Å²) in [6, 6.07) is 3.97. The Kier molecular flexibility index (Phi) is 8.97. The Balaban J connectivity index is 2.85. The van der Waals surface area contributed by atoms with E-state index in [2.05, 4.69) is 16.0 Å². The van der Waals surface area contributed by atoms with Crippen LogP contribution in [0.15, 0.2) is 29.2 Å². The van der Waals surface area contributed by atoms with E-state index in [4.69, 9.17) is 0 Å². The number of urea groups is 1. The fourth-order valence-electron chi connectivity index (χ4n) is 2.65. The number of nitrogens with one attached hydrogen (secondary N) is 3. The number of carboxylic acids is 1. The molecule has 0 heterocycles. The van der Waals surface area contributed by atoms with Gasteiger partial charge in [0, 0.05) is 5.69 Å². The molecule has 0 radical (unpaired) electrons. The first-order valence-electron chi connectivity index (χ1n) is 9.35. The van der Waals surface area contributed by atoms with Gasteiger partial charge in [0.15, 0.2) is 4.90 Å². The van der Waals surface area contributed by atoms with Crippen LogP contribution in [-0.4, -0.2) is 45.9 Å². The number of hydrogen-bond acceptors (Lipinski definition) is 4. The van der Waals surface area contributed by atoms with Crippen molar-refractivity contribution in [3.63, 3.8) is 0 Å². The molecule has 3 amide bonds. The highest BCUT2D eigenvalue weighted by atomic mass is 32.2. The maximum atomic E-state index is 12.7. The Morgan fingerprint density at radius 1 is 1.10 bits per heavy atom. The van der Waals surface area contributed by atoms with Crippen molar-refractivity contribution in [3.8, 4) is 0 Å². The molecular weight excluding hydrogens is 394 g/mol. The molecule has 8 nitrogen and oxygen atoms in total. The molecule has 0 saturated carbocycles. The zero-order valence-corrected chi connectivity index (χ0v) is 18.6. The number of rotatable bonds is 8. The van der Waals surface area contributed by atoms with Gasteiger partial charge in [-0.2, -0.15) is 0 Å². The van der Waals surface area contributed by atoms with Crippen LogP contribution in [0.25, 0.3) is 0 Å². The summed E-state index contributed by atoms with van der Waals surface area (Å²) in [6.45, 7) is 8.97. The average Bonchev–Trinajstić information content (AvgIpc) is 2.57. The normalized spacial score (nSPS) is 14.6. The van der Waals surface area contributed by atoms with Crippen LogP contribution in [0.2, 0.25) is 0 Å². The zero-order valence-electron chi connectivity index (χ0n) is 17.7. The van der Waals surface area contributed by atoms with Gasteiger partial charge in [-0.05, 0) is 53.2 Å². The molecule has 162 valence electrons. The Bertz CT molecular complexity index is 714. The highest BCUT2D eigenvalue weighted by Crippen LogP contribution is 2.20. The average molecular weight is 426 g/mol. The zero-order chi connectivity index (χ0) is 22.4. The van der Waals surface area contributed by atoms with Gasteiger partial charge in [0.2, 0.25) is 5.91 Å². The second kappa shape index (κ2) is 10.5. The van der Waals surface area contributed by atoms with Crippen molar-refractivity contribution in [2.75, 3.05) is 11.6 Å². The Morgan fingerprint density at radius 3 is 2.07 bits per heavy atom. The van der Waals surface area contributed by atoms with Crippen molar-refractivity contribution in [3.05, 3.63) is 24.3 Å². The lowest BCUT2D eigenvalue weighted by Gasteiger charge is -2.30.